The predicted octanol–water partition coefficient (Wildman–Crippen LogP) is 4.81. The smallest absolute Gasteiger partial charge is 0.173 e. The molecule has 0 amide bonds. The van der Waals surface area contributed by atoms with Crippen molar-refractivity contribution in [2.45, 2.75) is 26.9 Å². The molecule has 0 atom stereocenters. The molecule has 0 saturated heterocycles. The molecule has 1 nitrogen and oxygen atoms in total. The van der Waals surface area contributed by atoms with Gasteiger partial charge in [-0.15, -0.1) is 0 Å². The molecule has 0 fully saturated rings. The summed E-state index contributed by atoms with van der Waals surface area (Å²) in [6.45, 7) is 4.84. The molecule has 0 heterocycles. The fraction of sp³-hybridized carbons (Fsp3) is 0.250. The van der Waals surface area contributed by atoms with Crippen molar-refractivity contribution in [2.75, 3.05) is 0 Å². The van der Waals surface area contributed by atoms with Crippen LogP contribution in [0.4, 0.5) is 4.39 Å². The molecule has 0 spiro atoms. The van der Waals surface area contributed by atoms with E-state index in [1.54, 1.807) is 18.2 Å². The molecule has 110 valence electrons. The first-order chi connectivity index (χ1) is 9.95. The van der Waals surface area contributed by atoms with Gasteiger partial charge in [-0.05, 0) is 40.9 Å². The molecule has 0 aliphatic carbocycles. The van der Waals surface area contributed by atoms with Crippen LogP contribution in [0.15, 0.2) is 36.4 Å². The van der Waals surface area contributed by atoms with Crippen molar-refractivity contribution >= 4 is 35.4 Å². The molecule has 0 saturated carbocycles. The van der Waals surface area contributed by atoms with Gasteiger partial charge in [0, 0.05) is 10.0 Å². The van der Waals surface area contributed by atoms with Crippen molar-refractivity contribution in [3.05, 3.63) is 63.4 Å². The maximum atomic E-state index is 13.9. The van der Waals surface area contributed by atoms with Gasteiger partial charge in [-0.1, -0.05) is 49.0 Å². The molecule has 21 heavy (non-hydrogen) atoms. The Morgan fingerprint density at radius 2 is 1.57 bits per heavy atom. The zero-order valence-corrected chi connectivity index (χ0v) is 13.5. The van der Waals surface area contributed by atoms with Crippen molar-refractivity contribution in [1.82, 2.24) is 0 Å². The van der Waals surface area contributed by atoms with Crippen LogP contribution >= 0.6 is 23.2 Å². The first-order valence-corrected chi connectivity index (χ1v) is 7.52. The van der Waals surface area contributed by atoms with E-state index in [4.69, 9.17) is 27.9 Å². The fourth-order valence-corrected chi connectivity index (χ4v) is 2.68. The molecule has 2 aromatic carbocycles. The highest BCUT2D eigenvalue weighted by molar-refractivity contribution is 6.70. The maximum Gasteiger partial charge on any atom is 0.173 e. The van der Waals surface area contributed by atoms with Gasteiger partial charge in [0.05, 0.1) is 13.2 Å². The summed E-state index contributed by atoms with van der Waals surface area (Å²) in [5.74, 6) is -0.183. The van der Waals surface area contributed by atoms with Crippen LogP contribution in [-0.4, -0.2) is 6.71 Å². The number of halogens is 3. The van der Waals surface area contributed by atoms with Gasteiger partial charge in [0.15, 0.2) is 6.71 Å². The summed E-state index contributed by atoms with van der Waals surface area (Å²) in [6.07, 6.45) is 0. The van der Waals surface area contributed by atoms with E-state index in [9.17, 15) is 4.39 Å². The highest BCUT2D eigenvalue weighted by atomic mass is 35.5. The molecule has 0 unspecified atom stereocenters. The van der Waals surface area contributed by atoms with Gasteiger partial charge in [0.25, 0.3) is 0 Å². The summed E-state index contributed by atoms with van der Waals surface area (Å²) in [7, 11) is 0. The summed E-state index contributed by atoms with van der Waals surface area (Å²) in [5.41, 5.74) is 2.43. The minimum absolute atomic E-state index is 0.175. The lowest BCUT2D eigenvalue weighted by Crippen LogP contribution is -2.26. The minimum Gasteiger partial charge on any atom is -0.372 e. The molecule has 0 radical (unpaired) electrons. The van der Waals surface area contributed by atoms with Crippen LogP contribution in [0, 0.1) is 5.82 Å². The molecule has 0 N–H and O–H groups in total. The highest BCUT2D eigenvalue weighted by Gasteiger charge is 2.09. The topological polar surface area (TPSA) is 9.23 Å². The summed E-state index contributed by atoms with van der Waals surface area (Å²) in [6, 6.07) is 10.5. The van der Waals surface area contributed by atoms with Crippen LogP contribution in [0.3, 0.4) is 0 Å². The standard InChI is InChI=1S/C16H16BCl2FO/c1-17(2)15-4-3-11(7-16(15)20)9-21-10-12-5-13(18)8-14(19)6-12/h3-8H,9-10H2,1-2H3. The van der Waals surface area contributed by atoms with E-state index in [1.807, 2.05) is 25.8 Å². The first-order valence-electron chi connectivity index (χ1n) is 6.76. The molecular formula is C16H16BCl2FO. The summed E-state index contributed by atoms with van der Waals surface area (Å²) in [4.78, 5) is 0. The predicted molar refractivity (Wildman–Crippen MR) is 88.5 cm³/mol. The Morgan fingerprint density at radius 1 is 0.952 bits per heavy atom. The lowest BCUT2D eigenvalue weighted by Gasteiger charge is -2.09. The second-order valence-electron chi connectivity index (χ2n) is 5.28. The van der Waals surface area contributed by atoms with Crippen LogP contribution in [0.5, 0.6) is 0 Å². The van der Waals surface area contributed by atoms with Gasteiger partial charge >= 0.3 is 0 Å². The average molecular weight is 325 g/mol. The van der Waals surface area contributed by atoms with Crippen LogP contribution in [-0.2, 0) is 18.0 Å². The van der Waals surface area contributed by atoms with E-state index in [0.29, 0.717) is 23.3 Å². The van der Waals surface area contributed by atoms with Crippen molar-refractivity contribution < 1.29 is 9.13 Å². The Bertz CT molecular complexity index is 611. The van der Waals surface area contributed by atoms with E-state index in [0.717, 1.165) is 16.6 Å². The average Bonchev–Trinajstić information content (AvgIpc) is 2.37. The third-order valence-electron chi connectivity index (χ3n) is 3.15. The molecule has 0 aliphatic rings. The molecule has 0 aliphatic heterocycles. The zero-order chi connectivity index (χ0) is 15.4. The third kappa shape index (κ3) is 4.74. The first kappa shape index (κ1) is 16.3. The lowest BCUT2D eigenvalue weighted by molar-refractivity contribution is 0.107. The number of rotatable bonds is 5. The van der Waals surface area contributed by atoms with Crippen molar-refractivity contribution in [1.29, 1.82) is 0 Å². The van der Waals surface area contributed by atoms with Crippen LogP contribution in [0.2, 0.25) is 23.7 Å². The molecule has 2 aromatic rings. The molecule has 0 bridgehead atoms. The van der Waals surface area contributed by atoms with E-state index in [-0.39, 0.29) is 12.5 Å². The largest absolute Gasteiger partial charge is 0.372 e. The molecule has 5 heteroatoms. The third-order valence-corrected chi connectivity index (χ3v) is 3.58. The van der Waals surface area contributed by atoms with Crippen molar-refractivity contribution in [3.63, 3.8) is 0 Å². The van der Waals surface area contributed by atoms with E-state index >= 15 is 0 Å². The highest BCUT2D eigenvalue weighted by Crippen LogP contribution is 2.20. The van der Waals surface area contributed by atoms with Gasteiger partial charge in [-0.25, -0.2) is 4.39 Å². The minimum atomic E-state index is -0.183. The van der Waals surface area contributed by atoms with Gasteiger partial charge in [0.1, 0.15) is 5.82 Å². The lowest BCUT2D eigenvalue weighted by atomic mass is 9.49. The van der Waals surface area contributed by atoms with Gasteiger partial charge in [-0.2, -0.15) is 0 Å². The Kier molecular flexibility index (Phi) is 5.68. The van der Waals surface area contributed by atoms with E-state index < -0.39 is 0 Å². The number of hydrogen-bond acceptors (Lipinski definition) is 1. The summed E-state index contributed by atoms with van der Waals surface area (Å²) in [5, 5.41) is 1.15. The summed E-state index contributed by atoms with van der Waals surface area (Å²) < 4.78 is 19.5. The van der Waals surface area contributed by atoms with Gasteiger partial charge < -0.3 is 4.74 Å². The normalized spacial score (nSPS) is 10.7. The van der Waals surface area contributed by atoms with Crippen LogP contribution < -0.4 is 5.46 Å². The van der Waals surface area contributed by atoms with Gasteiger partial charge in [-0.3, -0.25) is 0 Å². The van der Waals surface area contributed by atoms with E-state index in [2.05, 4.69) is 0 Å². The molecule has 2 rings (SSSR count). The monoisotopic (exact) mass is 324 g/mol. The summed E-state index contributed by atoms with van der Waals surface area (Å²) >= 11 is 11.8. The van der Waals surface area contributed by atoms with Gasteiger partial charge in [0.2, 0.25) is 0 Å². The van der Waals surface area contributed by atoms with Crippen molar-refractivity contribution in [2.24, 2.45) is 0 Å². The number of benzene rings is 2. The molecule has 0 aromatic heterocycles. The second kappa shape index (κ2) is 7.30. The SMILES string of the molecule is CB(C)c1ccc(COCc2cc(Cl)cc(Cl)c2)cc1F. The maximum absolute atomic E-state index is 13.9. The number of ether oxygens (including phenoxy) is 1. The van der Waals surface area contributed by atoms with E-state index in [1.165, 1.54) is 6.07 Å². The van der Waals surface area contributed by atoms with Crippen molar-refractivity contribution in [3.8, 4) is 0 Å². The number of hydrogen-bond donors (Lipinski definition) is 0. The zero-order valence-electron chi connectivity index (χ0n) is 12.0. The Morgan fingerprint density at radius 3 is 2.14 bits per heavy atom. The quantitative estimate of drug-likeness (QED) is 0.717. The molecular weight excluding hydrogens is 309 g/mol. The second-order valence-corrected chi connectivity index (χ2v) is 6.15. The Hall–Kier alpha value is -1.03. The fourth-order valence-electron chi connectivity index (χ4n) is 2.11. The Balaban J connectivity index is 1.96. The van der Waals surface area contributed by atoms with Crippen LogP contribution in [0.25, 0.3) is 0 Å². The van der Waals surface area contributed by atoms with Crippen LogP contribution in [0.1, 0.15) is 11.1 Å². The Labute approximate surface area is 135 Å².